The summed E-state index contributed by atoms with van der Waals surface area (Å²) in [6.45, 7) is 0. The number of halogens is 2. The van der Waals surface area contributed by atoms with Crippen LogP contribution in [-0.2, 0) is 14.4 Å². The number of hydrogen-bond acceptors (Lipinski definition) is 6. The molecule has 0 aliphatic carbocycles. The molecule has 0 saturated heterocycles. The minimum atomic E-state index is -3.81. The molecule has 0 fully saturated rings. The zero-order chi connectivity index (χ0) is 17.9. The first-order chi connectivity index (χ1) is 11.2. The van der Waals surface area contributed by atoms with Crippen molar-refractivity contribution in [2.45, 2.75) is 0 Å². The van der Waals surface area contributed by atoms with E-state index in [4.69, 9.17) is 28.9 Å². The standard InChI is InChI=1S/C13H11Cl2N3O4S2/c1-24(20,21)22-18-13(16)17-12(19)8-4-2-3-7(5-8)9-6-10(14)23-11(9)15/h2-6H,1H3,(H3,16,17,18,19). The molecule has 0 radical (unpaired) electrons. The molecule has 128 valence electrons. The van der Waals surface area contributed by atoms with Crippen molar-refractivity contribution in [3.8, 4) is 11.1 Å². The molecule has 2 rings (SSSR count). The lowest BCUT2D eigenvalue weighted by atomic mass is 10.1. The van der Waals surface area contributed by atoms with Gasteiger partial charge in [0.15, 0.2) is 0 Å². The molecule has 0 bridgehead atoms. The smallest absolute Gasteiger partial charge is 0.325 e. The minimum absolute atomic E-state index is 0.267. The predicted molar refractivity (Wildman–Crippen MR) is 94.8 cm³/mol. The topological polar surface area (TPSA) is 111 Å². The van der Waals surface area contributed by atoms with Gasteiger partial charge in [-0.1, -0.05) is 35.3 Å². The molecule has 24 heavy (non-hydrogen) atoms. The number of amides is 1. The van der Waals surface area contributed by atoms with Crippen LogP contribution < -0.4 is 11.1 Å². The summed E-state index contributed by atoms with van der Waals surface area (Å²) in [6.07, 6.45) is 0.796. The largest absolute Gasteiger partial charge is 0.367 e. The van der Waals surface area contributed by atoms with Crippen molar-refractivity contribution >= 4 is 56.5 Å². The first kappa shape index (κ1) is 18.5. The Labute approximate surface area is 152 Å². The van der Waals surface area contributed by atoms with E-state index in [1.807, 2.05) is 0 Å². The van der Waals surface area contributed by atoms with Gasteiger partial charge in [-0.2, -0.15) is 8.42 Å². The van der Waals surface area contributed by atoms with Gasteiger partial charge in [0, 0.05) is 11.1 Å². The van der Waals surface area contributed by atoms with Crippen molar-refractivity contribution in [1.29, 1.82) is 0 Å². The lowest BCUT2D eigenvalue weighted by Gasteiger charge is -2.06. The lowest BCUT2D eigenvalue weighted by Crippen LogP contribution is -2.37. The fourth-order valence-electron chi connectivity index (χ4n) is 1.68. The van der Waals surface area contributed by atoms with Crippen LogP contribution in [-0.4, -0.2) is 26.5 Å². The van der Waals surface area contributed by atoms with Crippen molar-refractivity contribution < 1.29 is 17.5 Å². The van der Waals surface area contributed by atoms with Crippen LogP contribution in [0.1, 0.15) is 10.4 Å². The maximum atomic E-state index is 12.1. The first-order valence-corrected chi connectivity index (χ1v) is 9.63. The van der Waals surface area contributed by atoms with E-state index in [9.17, 15) is 13.2 Å². The Morgan fingerprint density at radius 1 is 1.33 bits per heavy atom. The molecule has 0 aliphatic rings. The first-order valence-electron chi connectivity index (χ1n) is 6.24. The summed E-state index contributed by atoms with van der Waals surface area (Å²) in [4.78, 5) is 12.1. The van der Waals surface area contributed by atoms with Gasteiger partial charge in [-0.3, -0.25) is 14.4 Å². The summed E-state index contributed by atoms with van der Waals surface area (Å²) in [5, 5.41) is 5.31. The van der Waals surface area contributed by atoms with Crippen LogP contribution >= 0.6 is 34.5 Å². The normalized spacial score (nSPS) is 12.0. The second-order valence-corrected chi connectivity index (χ2v) is 8.37. The lowest BCUT2D eigenvalue weighted by molar-refractivity contribution is 0.0975. The fraction of sp³-hybridized carbons (Fsp3) is 0.0769. The van der Waals surface area contributed by atoms with Gasteiger partial charge in [0.2, 0.25) is 5.96 Å². The zero-order valence-corrected chi connectivity index (χ0v) is 15.3. The van der Waals surface area contributed by atoms with Gasteiger partial charge in [0.25, 0.3) is 5.91 Å². The molecule has 1 aromatic carbocycles. The SMILES string of the molecule is CS(=O)(=O)ON=C(N)NC(=O)c1cccc(-c2cc(Cl)sc2Cl)c1. The van der Waals surface area contributed by atoms with Crippen molar-refractivity contribution in [2.75, 3.05) is 6.26 Å². The van der Waals surface area contributed by atoms with Gasteiger partial charge in [0.1, 0.15) is 4.34 Å². The molecule has 2 aromatic rings. The molecule has 0 saturated carbocycles. The molecule has 11 heteroatoms. The van der Waals surface area contributed by atoms with Crippen molar-refractivity contribution in [1.82, 2.24) is 5.32 Å². The molecule has 1 amide bonds. The number of guanidine groups is 1. The highest BCUT2D eigenvalue weighted by molar-refractivity contribution is 7.85. The maximum absolute atomic E-state index is 12.1. The van der Waals surface area contributed by atoms with Crippen LogP contribution in [0.4, 0.5) is 0 Å². The van der Waals surface area contributed by atoms with Gasteiger partial charge in [-0.25, -0.2) is 0 Å². The summed E-state index contributed by atoms with van der Waals surface area (Å²) < 4.78 is 26.8. The third-order valence-corrected chi connectivity index (χ3v) is 4.44. The molecule has 0 unspecified atom stereocenters. The fourth-order valence-corrected chi connectivity index (χ4v) is 3.41. The Morgan fingerprint density at radius 3 is 2.62 bits per heavy atom. The Kier molecular flexibility index (Phi) is 5.70. The summed E-state index contributed by atoms with van der Waals surface area (Å²) in [5.41, 5.74) is 7.05. The minimum Gasteiger partial charge on any atom is -0.367 e. The molecule has 1 heterocycles. The number of rotatable bonds is 4. The molecule has 3 N–H and O–H groups in total. The van der Waals surface area contributed by atoms with Crippen molar-refractivity contribution in [3.63, 3.8) is 0 Å². The van der Waals surface area contributed by atoms with Gasteiger partial charge in [-0.05, 0) is 28.9 Å². The number of carbonyl (C=O) groups excluding carboxylic acids is 1. The molecular formula is C13H11Cl2N3O4S2. The Morgan fingerprint density at radius 2 is 2.04 bits per heavy atom. The van der Waals surface area contributed by atoms with Crippen LogP contribution in [0.25, 0.3) is 11.1 Å². The number of benzene rings is 1. The van der Waals surface area contributed by atoms with Crippen molar-refractivity contribution in [2.24, 2.45) is 10.9 Å². The van der Waals surface area contributed by atoms with E-state index in [1.54, 1.807) is 30.3 Å². The molecule has 0 atom stereocenters. The van der Waals surface area contributed by atoms with E-state index in [1.165, 1.54) is 11.3 Å². The third-order valence-electron chi connectivity index (χ3n) is 2.61. The summed E-state index contributed by atoms with van der Waals surface area (Å²) in [5.74, 6) is -1.08. The average Bonchev–Trinajstić information content (AvgIpc) is 2.83. The van der Waals surface area contributed by atoms with Crippen LogP contribution in [0.5, 0.6) is 0 Å². The van der Waals surface area contributed by atoms with Crippen LogP contribution in [0, 0.1) is 0 Å². The monoisotopic (exact) mass is 407 g/mol. The number of oxime groups is 1. The van der Waals surface area contributed by atoms with E-state index >= 15 is 0 Å². The van der Waals surface area contributed by atoms with Gasteiger partial charge < -0.3 is 5.73 Å². The number of carbonyl (C=O) groups is 1. The summed E-state index contributed by atoms with van der Waals surface area (Å²) in [7, 11) is -3.81. The summed E-state index contributed by atoms with van der Waals surface area (Å²) in [6, 6.07) is 8.26. The quantitative estimate of drug-likeness (QED) is 0.459. The summed E-state index contributed by atoms with van der Waals surface area (Å²) >= 11 is 13.2. The highest BCUT2D eigenvalue weighted by Crippen LogP contribution is 2.38. The van der Waals surface area contributed by atoms with Crippen molar-refractivity contribution in [3.05, 3.63) is 44.6 Å². The van der Waals surface area contributed by atoms with Crippen LogP contribution in [0.3, 0.4) is 0 Å². The van der Waals surface area contributed by atoms with E-state index in [-0.39, 0.29) is 5.56 Å². The molecule has 0 aliphatic heterocycles. The number of nitrogens with zero attached hydrogens (tertiary/aromatic N) is 1. The number of hydrogen-bond donors (Lipinski definition) is 2. The second-order valence-electron chi connectivity index (χ2n) is 4.53. The van der Waals surface area contributed by atoms with Gasteiger partial charge in [0.05, 0.1) is 10.6 Å². The number of nitrogens with two attached hydrogens (primary N) is 1. The second kappa shape index (κ2) is 7.39. The number of nitrogens with one attached hydrogen (secondary N) is 1. The van der Waals surface area contributed by atoms with Crippen LogP contribution in [0.2, 0.25) is 8.67 Å². The Hall–Kier alpha value is -1.81. The van der Waals surface area contributed by atoms with E-state index < -0.39 is 22.0 Å². The average molecular weight is 408 g/mol. The molecular weight excluding hydrogens is 397 g/mol. The molecule has 1 aromatic heterocycles. The third kappa shape index (κ3) is 5.10. The van der Waals surface area contributed by atoms with Gasteiger partial charge in [-0.15, -0.1) is 11.3 Å². The van der Waals surface area contributed by atoms with Crippen LogP contribution in [0.15, 0.2) is 35.5 Å². The maximum Gasteiger partial charge on any atom is 0.325 e. The zero-order valence-electron chi connectivity index (χ0n) is 12.1. The number of thiophene rings is 1. The van der Waals surface area contributed by atoms with E-state index in [2.05, 4.69) is 14.8 Å². The van der Waals surface area contributed by atoms with Gasteiger partial charge >= 0.3 is 10.1 Å². The highest BCUT2D eigenvalue weighted by atomic mass is 35.5. The Balaban J connectivity index is 2.19. The molecule has 7 nitrogen and oxygen atoms in total. The van der Waals surface area contributed by atoms with E-state index in [0.717, 1.165) is 6.26 Å². The highest BCUT2D eigenvalue weighted by Gasteiger charge is 2.12. The molecule has 0 spiro atoms. The van der Waals surface area contributed by atoms with E-state index in [0.29, 0.717) is 19.8 Å². The Bertz CT molecular complexity index is 910. The predicted octanol–water partition coefficient (Wildman–Crippen LogP) is 2.66.